The Bertz CT molecular complexity index is 516. The molecule has 1 N–H and O–H groups in total. The summed E-state index contributed by atoms with van der Waals surface area (Å²) in [4.78, 5) is 4.37. The summed E-state index contributed by atoms with van der Waals surface area (Å²) in [6.07, 6.45) is 3.84. The van der Waals surface area contributed by atoms with Crippen molar-refractivity contribution in [3.8, 4) is 0 Å². The molecule has 1 unspecified atom stereocenters. The number of thiazole rings is 1. The van der Waals surface area contributed by atoms with Gasteiger partial charge in [0.1, 0.15) is 0 Å². The molecule has 1 aromatic heterocycles. The topological polar surface area (TPSA) is 24.9 Å². The lowest BCUT2D eigenvalue weighted by atomic mass is 10.0. The number of halogens is 2. The minimum Gasteiger partial charge on any atom is -0.310 e. The van der Waals surface area contributed by atoms with E-state index in [0.29, 0.717) is 0 Å². The highest BCUT2D eigenvalue weighted by Crippen LogP contribution is 2.29. The van der Waals surface area contributed by atoms with Gasteiger partial charge < -0.3 is 5.32 Å². The fourth-order valence-electron chi connectivity index (χ4n) is 1.92. The van der Waals surface area contributed by atoms with Gasteiger partial charge in [0, 0.05) is 33.5 Å². The van der Waals surface area contributed by atoms with Gasteiger partial charge >= 0.3 is 0 Å². The second-order valence-corrected chi connectivity index (χ2v) is 6.57. The Hall–Kier alpha value is -0.420. The molecule has 0 aliphatic heterocycles. The van der Waals surface area contributed by atoms with E-state index in [4.69, 9.17) is 11.6 Å². The van der Waals surface area contributed by atoms with Gasteiger partial charge in [0.25, 0.3) is 0 Å². The molecule has 0 aliphatic carbocycles. The highest BCUT2D eigenvalue weighted by Gasteiger charge is 2.16. The molecule has 2 nitrogen and oxygen atoms in total. The van der Waals surface area contributed by atoms with Gasteiger partial charge in [-0.2, -0.15) is 0 Å². The van der Waals surface area contributed by atoms with Crippen molar-refractivity contribution in [3.63, 3.8) is 0 Å². The van der Waals surface area contributed by atoms with E-state index < -0.39 is 0 Å². The zero-order chi connectivity index (χ0) is 13.7. The van der Waals surface area contributed by atoms with Crippen LogP contribution in [0.3, 0.4) is 0 Å². The van der Waals surface area contributed by atoms with Crippen LogP contribution in [-0.2, 0) is 6.42 Å². The first kappa shape index (κ1) is 15.0. The van der Waals surface area contributed by atoms with Crippen LogP contribution in [0.5, 0.6) is 0 Å². The lowest BCUT2D eigenvalue weighted by Gasteiger charge is -2.19. The molecule has 0 saturated heterocycles. The molecule has 0 bridgehead atoms. The van der Waals surface area contributed by atoms with Crippen LogP contribution >= 0.6 is 38.9 Å². The average molecular weight is 360 g/mol. The van der Waals surface area contributed by atoms with E-state index in [-0.39, 0.29) is 6.04 Å². The molecule has 1 heterocycles. The van der Waals surface area contributed by atoms with E-state index in [1.165, 1.54) is 5.56 Å². The van der Waals surface area contributed by atoms with Gasteiger partial charge in [0.15, 0.2) is 0 Å². The summed E-state index contributed by atoms with van der Waals surface area (Å²) in [5, 5.41) is 7.49. The Morgan fingerprint density at radius 2 is 2.32 bits per heavy atom. The first-order valence-electron chi connectivity index (χ1n) is 6.27. The van der Waals surface area contributed by atoms with E-state index in [1.807, 2.05) is 29.8 Å². The number of nitrogens with one attached hydrogen (secondary N) is 1. The zero-order valence-electron chi connectivity index (χ0n) is 10.7. The van der Waals surface area contributed by atoms with Crippen LogP contribution in [0.4, 0.5) is 0 Å². The maximum Gasteiger partial charge on any atom is 0.0943 e. The first-order chi connectivity index (χ1) is 9.20. The van der Waals surface area contributed by atoms with Crippen LogP contribution in [0.2, 0.25) is 5.02 Å². The SMILES string of the molecule is CCCNC(Cc1nccs1)c1cc(Cl)ccc1Br. The monoisotopic (exact) mass is 358 g/mol. The molecule has 19 heavy (non-hydrogen) atoms. The summed E-state index contributed by atoms with van der Waals surface area (Å²) >= 11 is 11.4. The largest absolute Gasteiger partial charge is 0.310 e. The molecule has 1 aromatic carbocycles. The highest BCUT2D eigenvalue weighted by atomic mass is 79.9. The van der Waals surface area contributed by atoms with E-state index in [0.717, 1.165) is 33.9 Å². The molecule has 102 valence electrons. The number of benzene rings is 1. The normalized spacial score (nSPS) is 12.6. The number of rotatable bonds is 6. The third kappa shape index (κ3) is 4.28. The Balaban J connectivity index is 2.23. The van der Waals surface area contributed by atoms with Gasteiger partial charge in [-0.15, -0.1) is 11.3 Å². The predicted molar refractivity (Wildman–Crippen MR) is 86.0 cm³/mol. The van der Waals surface area contributed by atoms with Crippen LogP contribution in [0.25, 0.3) is 0 Å². The van der Waals surface area contributed by atoms with Crippen molar-refractivity contribution in [2.45, 2.75) is 25.8 Å². The third-order valence-electron chi connectivity index (χ3n) is 2.84. The summed E-state index contributed by atoms with van der Waals surface area (Å²) < 4.78 is 1.09. The molecule has 0 amide bonds. The van der Waals surface area contributed by atoms with Crippen molar-refractivity contribution in [1.29, 1.82) is 0 Å². The number of hydrogen-bond donors (Lipinski definition) is 1. The fourth-order valence-corrected chi connectivity index (χ4v) is 3.29. The number of hydrogen-bond acceptors (Lipinski definition) is 3. The maximum atomic E-state index is 6.12. The summed E-state index contributed by atoms with van der Waals surface area (Å²) in [5.74, 6) is 0. The summed E-state index contributed by atoms with van der Waals surface area (Å²) in [6.45, 7) is 3.15. The van der Waals surface area contributed by atoms with E-state index >= 15 is 0 Å². The van der Waals surface area contributed by atoms with Gasteiger partial charge in [-0.05, 0) is 36.7 Å². The van der Waals surface area contributed by atoms with Crippen molar-refractivity contribution < 1.29 is 0 Å². The van der Waals surface area contributed by atoms with E-state index in [1.54, 1.807) is 11.3 Å². The highest BCUT2D eigenvalue weighted by molar-refractivity contribution is 9.10. The third-order valence-corrected chi connectivity index (χ3v) is 4.60. The van der Waals surface area contributed by atoms with Crippen LogP contribution in [0.1, 0.15) is 30.0 Å². The molecule has 0 spiro atoms. The summed E-state index contributed by atoms with van der Waals surface area (Å²) in [5.41, 5.74) is 1.19. The molecule has 2 aromatic rings. The Morgan fingerprint density at radius 1 is 1.47 bits per heavy atom. The predicted octanol–water partition coefficient (Wildman–Crippen LogP) is 4.84. The molecular weight excluding hydrogens is 344 g/mol. The molecule has 0 fully saturated rings. The molecule has 2 rings (SSSR count). The molecule has 5 heteroatoms. The minimum atomic E-state index is 0.235. The van der Waals surface area contributed by atoms with Gasteiger partial charge in [0.05, 0.1) is 5.01 Å². The second-order valence-electron chi connectivity index (χ2n) is 4.30. The van der Waals surface area contributed by atoms with Crippen LogP contribution in [-0.4, -0.2) is 11.5 Å². The molecule has 1 atom stereocenters. The second kappa shape index (κ2) is 7.39. The smallest absolute Gasteiger partial charge is 0.0943 e. The van der Waals surface area contributed by atoms with Crippen LogP contribution < -0.4 is 5.32 Å². The van der Waals surface area contributed by atoms with Crippen molar-refractivity contribution in [2.75, 3.05) is 6.54 Å². The summed E-state index contributed by atoms with van der Waals surface area (Å²) in [7, 11) is 0. The lowest BCUT2D eigenvalue weighted by Crippen LogP contribution is -2.24. The Kier molecular flexibility index (Phi) is 5.82. The quantitative estimate of drug-likeness (QED) is 0.798. The maximum absolute atomic E-state index is 6.12. The standard InChI is InChI=1S/C14H16BrClN2S/c1-2-5-17-13(9-14-18-6-7-19-14)11-8-10(16)3-4-12(11)15/h3-4,6-8,13,17H,2,5,9H2,1H3. The Morgan fingerprint density at radius 3 is 3.00 bits per heavy atom. The minimum absolute atomic E-state index is 0.235. The summed E-state index contributed by atoms with van der Waals surface area (Å²) in [6, 6.07) is 6.15. The molecule has 0 saturated carbocycles. The number of nitrogens with zero attached hydrogens (tertiary/aromatic N) is 1. The van der Waals surface area contributed by atoms with E-state index in [9.17, 15) is 0 Å². The van der Waals surface area contributed by atoms with Crippen molar-refractivity contribution in [2.24, 2.45) is 0 Å². The Labute approximate surface area is 131 Å². The average Bonchev–Trinajstić information content (AvgIpc) is 2.90. The van der Waals surface area contributed by atoms with Gasteiger partial charge in [-0.25, -0.2) is 4.98 Å². The first-order valence-corrected chi connectivity index (χ1v) is 8.32. The fraction of sp³-hybridized carbons (Fsp3) is 0.357. The van der Waals surface area contributed by atoms with Crippen LogP contribution in [0.15, 0.2) is 34.2 Å². The van der Waals surface area contributed by atoms with E-state index in [2.05, 4.69) is 33.2 Å². The molecule has 0 aliphatic rings. The molecular formula is C14H16BrClN2S. The van der Waals surface area contributed by atoms with Crippen molar-refractivity contribution in [1.82, 2.24) is 10.3 Å². The lowest BCUT2D eigenvalue weighted by molar-refractivity contribution is 0.526. The van der Waals surface area contributed by atoms with Crippen molar-refractivity contribution in [3.05, 3.63) is 49.8 Å². The van der Waals surface area contributed by atoms with Crippen LogP contribution in [0, 0.1) is 0 Å². The van der Waals surface area contributed by atoms with Gasteiger partial charge in [-0.1, -0.05) is 34.5 Å². The van der Waals surface area contributed by atoms with Crippen molar-refractivity contribution >= 4 is 38.9 Å². The zero-order valence-corrected chi connectivity index (χ0v) is 13.9. The van der Waals surface area contributed by atoms with Gasteiger partial charge in [0.2, 0.25) is 0 Å². The number of aromatic nitrogens is 1. The molecule has 0 radical (unpaired) electrons. The van der Waals surface area contributed by atoms with Gasteiger partial charge in [-0.3, -0.25) is 0 Å².